The molecule has 20 heavy (non-hydrogen) atoms. The Morgan fingerprint density at radius 3 is 2.15 bits per heavy atom. The Balaban J connectivity index is 1.90. The zero-order valence-corrected chi connectivity index (χ0v) is 13.4. The summed E-state index contributed by atoms with van der Waals surface area (Å²) < 4.78 is 0. The topological polar surface area (TPSA) is 18.5 Å². The number of likely N-dealkylation sites (N-methyl/N-ethyl adjacent to an activating group) is 2. The average molecular weight is 275 g/mol. The van der Waals surface area contributed by atoms with E-state index >= 15 is 0 Å². The molecule has 1 aromatic carbocycles. The minimum absolute atomic E-state index is 0.647. The highest BCUT2D eigenvalue weighted by atomic mass is 15.3. The number of piperazine rings is 1. The number of rotatable bonds is 5. The minimum Gasteiger partial charge on any atom is -0.319 e. The third kappa shape index (κ3) is 4.05. The molecule has 1 heterocycles. The molecular weight excluding hydrogens is 246 g/mol. The highest BCUT2D eigenvalue weighted by Gasteiger charge is 2.26. The van der Waals surface area contributed by atoms with Gasteiger partial charge in [0.1, 0.15) is 0 Å². The van der Waals surface area contributed by atoms with Crippen molar-refractivity contribution in [3.8, 4) is 0 Å². The number of nitrogens with one attached hydrogen (secondary N) is 1. The third-order valence-corrected chi connectivity index (χ3v) is 4.53. The van der Waals surface area contributed by atoms with E-state index in [0.29, 0.717) is 12.1 Å². The van der Waals surface area contributed by atoms with Crippen LogP contribution in [0.1, 0.15) is 25.0 Å². The maximum absolute atomic E-state index is 3.20. The van der Waals surface area contributed by atoms with Crippen molar-refractivity contribution in [2.75, 3.05) is 33.7 Å². The highest BCUT2D eigenvalue weighted by Crippen LogP contribution is 2.16. The second kappa shape index (κ2) is 7.21. The zero-order chi connectivity index (χ0) is 14.5. The fraction of sp³-hybridized carbons (Fsp3) is 0.647. The fourth-order valence-electron chi connectivity index (χ4n) is 2.98. The maximum Gasteiger partial charge on any atom is 0.0235 e. The van der Waals surface area contributed by atoms with Crippen molar-refractivity contribution in [1.82, 2.24) is 15.1 Å². The van der Waals surface area contributed by atoms with Crippen LogP contribution in [0.15, 0.2) is 24.3 Å². The molecule has 0 aliphatic carbocycles. The van der Waals surface area contributed by atoms with Gasteiger partial charge in [-0.25, -0.2) is 0 Å². The van der Waals surface area contributed by atoms with Gasteiger partial charge < -0.3 is 5.32 Å². The van der Waals surface area contributed by atoms with Crippen LogP contribution in [0.25, 0.3) is 0 Å². The van der Waals surface area contributed by atoms with Gasteiger partial charge in [0, 0.05) is 31.7 Å². The first-order chi connectivity index (χ1) is 9.60. The van der Waals surface area contributed by atoms with E-state index in [0.717, 1.165) is 19.5 Å². The van der Waals surface area contributed by atoms with E-state index in [1.54, 1.807) is 0 Å². The summed E-state index contributed by atoms with van der Waals surface area (Å²) in [6.45, 7) is 9.11. The number of nitrogens with zero attached hydrogens (tertiary/aromatic N) is 2. The fourth-order valence-corrected chi connectivity index (χ4v) is 2.98. The molecule has 0 radical (unpaired) electrons. The smallest absolute Gasteiger partial charge is 0.0235 e. The second-order valence-corrected chi connectivity index (χ2v) is 6.23. The van der Waals surface area contributed by atoms with Gasteiger partial charge in [0.25, 0.3) is 0 Å². The van der Waals surface area contributed by atoms with Crippen molar-refractivity contribution >= 4 is 0 Å². The summed E-state index contributed by atoms with van der Waals surface area (Å²) >= 11 is 0. The van der Waals surface area contributed by atoms with Gasteiger partial charge in [-0.2, -0.15) is 0 Å². The van der Waals surface area contributed by atoms with Crippen molar-refractivity contribution < 1.29 is 0 Å². The Labute approximate surface area is 124 Å². The number of hydrogen-bond acceptors (Lipinski definition) is 3. The first-order valence-electron chi connectivity index (χ1n) is 7.77. The van der Waals surface area contributed by atoms with Crippen LogP contribution in [0, 0.1) is 0 Å². The zero-order valence-electron chi connectivity index (χ0n) is 13.4. The second-order valence-electron chi connectivity index (χ2n) is 6.23. The SMILES string of the molecule is CNCCc1ccc(CN2CC(C)N(C)C(C)C2)cc1. The monoisotopic (exact) mass is 275 g/mol. The summed E-state index contributed by atoms with van der Waals surface area (Å²) in [5.74, 6) is 0. The first-order valence-corrected chi connectivity index (χ1v) is 7.77. The van der Waals surface area contributed by atoms with Gasteiger partial charge in [-0.3, -0.25) is 9.80 Å². The number of benzene rings is 1. The molecule has 1 aliphatic rings. The predicted molar refractivity (Wildman–Crippen MR) is 86.0 cm³/mol. The van der Waals surface area contributed by atoms with E-state index in [1.807, 2.05) is 7.05 Å². The largest absolute Gasteiger partial charge is 0.319 e. The van der Waals surface area contributed by atoms with E-state index in [-0.39, 0.29) is 0 Å². The molecule has 0 spiro atoms. The van der Waals surface area contributed by atoms with Crippen LogP contribution in [-0.2, 0) is 13.0 Å². The summed E-state index contributed by atoms with van der Waals surface area (Å²) in [6, 6.07) is 10.4. The summed E-state index contributed by atoms with van der Waals surface area (Å²) in [6.07, 6.45) is 1.11. The number of hydrogen-bond donors (Lipinski definition) is 1. The van der Waals surface area contributed by atoms with Crippen LogP contribution < -0.4 is 5.32 Å². The Hall–Kier alpha value is -0.900. The lowest BCUT2D eigenvalue weighted by molar-refractivity contribution is 0.0556. The molecule has 1 aliphatic heterocycles. The molecule has 1 saturated heterocycles. The first kappa shape index (κ1) is 15.5. The quantitative estimate of drug-likeness (QED) is 0.886. The van der Waals surface area contributed by atoms with E-state index in [2.05, 4.69) is 60.3 Å². The normalized spacial score (nSPS) is 25.0. The summed E-state index contributed by atoms with van der Waals surface area (Å²) in [5, 5.41) is 3.20. The van der Waals surface area contributed by atoms with Gasteiger partial charge >= 0.3 is 0 Å². The van der Waals surface area contributed by atoms with Crippen molar-refractivity contribution in [3.05, 3.63) is 35.4 Å². The van der Waals surface area contributed by atoms with Crippen molar-refractivity contribution in [3.63, 3.8) is 0 Å². The van der Waals surface area contributed by atoms with Crippen LogP contribution in [0.2, 0.25) is 0 Å². The molecular formula is C17H29N3. The van der Waals surface area contributed by atoms with Crippen molar-refractivity contribution in [2.45, 2.75) is 38.9 Å². The summed E-state index contributed by atoms with van der Waals surface area (Å²) in [7, 11) is 4.24. The van der Waals surface area contributed by atoms with E-state index < -0.39 is 0 Å². The van der Waals surface area contributed by atoms with Gasteiger partial charge in [-0.1, -0.05) is 24.3 Å². The molecule has 3 heteroatoms. The lowest BCUT2D eigenvalue weighted by Crippen LogP contribution is -2.54. The Kier molecular flexibility index (Phi) is 5.58. The molecule has 0 bridgehead atoms. The van der Waals surface area contributed by atoms with Crippen LogP contribution in [0.3, 0.4) is 0 Å². The molecule has 0 amide bonds. The van der Waals surface area contributed by atoms with Crippen LogP contribution in [0.4, 0.5) is 0 Å². The van der Waals surface area contributed by atoms with Gasteiger partial charge in [-0.15, -0.1) is 0 Å². The Bertz CT molecular complexity index is 389. The van der Waals surface area contributed by atoms with Crippen molar-refractivity contribution in [1.29, 1.82) is 0 Å². The molecule has 0 saturated carbocycles. The average Bonchev–Trinajstić information content (AvgIpc) is 2.44. The third-order valence-electron chi connectivity index (χ3n) is 4.53. The van der Waals surface area contributed by atoms with Gasteiger partial charge in [0.15, 0.2) is 0 Å². The van der Waals surface area contributed by atoms with Gasteiger partial charge in [-0.05, 0) is 52.0 Å². The lowest BCUT2D eigenvalue weighted by atomic mass is 10.1. The van der Waals surface area contributed by atoms with Gasteiger partial charge in [0.2, 0.25) is 0 Å². The molecule has 2 atom stereocenters. The molecule has 1 aromatic rings. The van der Waals surface area contributed by atoms with Crippen molar-refractivity contribution in [2.24, 2.45) is 0 Å². The molecule has 2 unspecified atom stereocenters. The summed E-state index contributed by atoms with van der Waals surface area (Å²) in [4.78, 5) is 5.06. The molecule has 112 valence electrons. The predicted octanol–water partition coefficient (Wildman–Crippen LogP) is 1.97. The molecule has 0 aromatic heterocycles. The van der Waals surface area contributed by atoms with Crippen LogP contribution in [-0.4, -0.2) is 55.6 Å². The van der Waals surface area contributed by atoms with E-state index in [1.165, 1.54) is 24.2 Å². The summed E-state index contributed by atoms with van der Waals surface area (Å²) in [5.41, 5.74) is 2.85. The van der Waals surface area contributed by atoms with Crippen LogP contribution in [0.5, 0.6) is 0 Å². The van der Waals surface area contributed by atoms with Crippen LogP contribution >= 0.6 is 0 Å². The molecule has 3 nitrogen and oxygen atoms in total. The standard InChI is InChI=1S/C17H29N3/c1-14-11-20(12-15(2)19(14)4)13-17-7-5-16(6-8-17)9-10-18-3/h5-8,14-15,18H,9-13H2,1-4H3. The Morgan fingerprint density at radius 1 is 1.05 bits per heavy atom. The van der Waals surface area contributed by atoms with Gasteiger partial charge in [0.05, 0.1) is 0 Å². The highest BCUT2D eigenvalue weighted by molar-refractivity contribution is 5.22. The molecule has 2 rings (SSSR count). The van der Waals surface area contributed by atoms with E-state index in [9.17, 15) is 0 Å². The minimum atomic E-state index is 0.647. The molecule has 1 N–H and O–H groups in total. The lowest BCUT2D eigenvalue weighted by Gasteiger charge is -2.42. The van der Waals surface area contributed by atoms with E-state index in [4.69, 9.17) is 0 Å². The molecule has 1 fully saturated rings. The Morgan fingerprint density at radius 2 is 1.60 bits per heavy atom. The maximum atomic E-state index is 3.20.